The number of H-pyrrole nitrogens is 1. The van der Waals surface area contributed by atoms with E-state index < -0.39 is 5.41 Å². The first-order chi connectivity index (χ1) is 17.2. The highest BCUT2D eigenvalue weighted by molar-refractivity contribution is 7.73. The molecular formula is C30H34N4OS2. The molecule has 37 heavy (non-hydrogen) atoms. The lowest BCUT2D eigenvalue weighted by Crippen LogP contribution is -2.27. The molecule has 192 valence electrons. The summed E-state index contributed by atoms with van der Waals surface area (Å²) in [4.78, 5) is 4.80. The molecule has 0 aliphatic carbocycles. The van der Waals surface area contributed by atoms with Gasteiger partial charge in [-0.05, 0) is 58.8 Å². The van der Waals surface area contributed by atoms with Crippen molar-refractivity contribution in [1.82, 2.24) is 20.0 Å². The van der Waals surface area contributed by atoms with E-state index in [1.54, 1.807) is 4.80 Å². The van der Waals surface area contributed by atoms with Gasteiger partial charge in [0.2, 0.25) is 0 Å². The summed E-state index contributed by atoms with van der Waals surface area (Å²) in [5, 5.41) is 21.3. The van der Waals surface area contributed by atoms with Gasteiger partial charge in [-0.15, -0.1) is 26.3 Å². The van der Waals surface area contributed by atoms with Crippen LogP contribution in [0.1, 0.15) is 71.6 Å². The third kappa shape index (κ3) is 4.82. The Kier molecular flexibility index (Phi) is 6.07. The number of phenolic OH excluding ortho intramolecular Hbond substituents is 1. The fraction of sp³-hybridized carbons (Fsp3) is 0.367. The number of benzene rings is 3. The summed E-state index contributed by atoms with van der Waals surface area (Å²) in [6.45, 7) is 15.7. The quantitative estimate of drug-likeness (QED) is 0.224. The zero-order valence-corrected chi connectivity index (χ0v) is 24.1. The van der Waals surface area contributed by atoms with E-state index >= 15 is 0 Å². The van der Waals surface area contributed by atoms with Crippen molar-refractivity contribution in [2.24, 2.45) is 5.41 Å². The zero-order chi connectivity index (χ0) is 26.8. The molecule has 0 amide bonds. The lowest BCUT2D eigenvalue weighted by Gasteiger charge is -2.35. The second-order valence-corrected chi connectivity index (χ2v) is 14.1. The third-order valence-electron chi connectivity index (χ3n) is 7.15. The summed E-state index contributed by atoms with van der Waals surface area (Å²) in [7, 11) is 0. The summed E-state index contributed by atoms with van der Waals surface area (Å²) < 4.78 is 1.77. The van der Waals surface area contributed by atoms with Crippen molar-refractivity contribution < 1.29 is 5.11 Å². The number of rotatable bonds is 5. The number of hydrogen-bond donors (Lipinski definition) is 2. The predicted octanol–water partition coefficient (Wildman–Crippen LogP) is 8.44. The molecule has 0 unspecified atom stereocenters. The average Bonchev–Trinajstić information content (AvgIpc) is 3.37. The monoisotopic (exact) mass is 530 g/mol. The molecule has 0 fully saturated rings. The van der Waals surface area contributed by atoms with Crippen LogP contribution in [-0.4, -0.2) is 25.1 Å². The largest absolute Gasteiger partial charge is 0.505 e. The van der Waals surface area contributed by atoms with Crippen LogP contribution in [0.15, 0.2) is 54.6 Å². The molecule has 3 aromatic carbocycles. The Hall–Kier alpha value is -3.03. The molecule has 5 rings (SSSR count). The van der Waals surface area contributed by atoms with Crippen molar-refractivity contribution in [3.8, 4) is 11.4 Å². The number of nitrogens with zero attached hydrogens (tertiary/aromatic N) is 3. The minimum absolute atomic E-state index is 0.133. The highest BCUT2D eigenvalue weighted by atomic mass is 32.1. The van der Waals surface area contributed by atoms with Crippen LogP contribution in [0.5, 0.6) is 5.75 Å². The SMILES string of the molecule is CC(C)(C)CC(C)(C)c1cc(-n2nc3cc4[nH]c(=S)sc4cc3n2)c(O)c(C(C)(C)c2ccccc2)c1. The first-order valence-electron chi connectivity index (χ1n) is 12.6. The number of phenols is 1. The first-order valence-corrected chi connectivity index (χ1v) is 13.8. The van der Waals surface area contributed by atoms with Crippen LogP contribution in [0, 0.1) is 9.37 Å². The third-order valence-corrected chi connectivity index (χ3v) is 8.35. The Morgan fingerprint density at radius 3 is 2.19 bits per heavy atom. The molecule has 2 heterocycles. The van der Waals surface area contributed by atoms with E-state index in [4.69, 9.17) is 22.4 Å². The average molecular weight is 531 g/mol. The molecule has 0 radical (unpaired) electrons. The van der Waals surface area contributed by atoms with Crippen LogP contribution < -0.4 is 0 Å². The van der Waals surface area contributed by atoms with Crippen molar-refractivity contribution in [3.05, 3.63) is 75.2 Å². The molecule has 5 aromatic rings. The van der Waals surface area contributed by atoms with Gasteiger partial charge in [-0.25, -0.2) is 0 Å². The van der Waals surface area contributed by atoms with Gasteiger partial charge >= 0.3 is 0 Å². The minimum Gasteiger partial charge on any atom is -0.505 e. The minimum atomic E-state index is -0.433. The molecule has 5 nitrogen and oxygen atoms in total. The molecule has 0 aliphatic rings. The van der Waals surface area contributed by atoms with Crippen LogP contribution in [0.4, 0.5) is 0 Å². The molecule has 0 bridgehead atoms. The van der Waals surface area contributed by atoms with Crippen molar-refractivity contribution in [3.63, 3.8) is 0 Å². The van der Waals surface area contributed by atoms with Crippen molar-refractivity contribution in [2.45, 2.75) is 65.7 Å². The van der Waals surface area contributed by atoms with Crippen LogP contribution in [0.25, 0.3) is 26.9 Å². The van der Waals surface area contributed by atoms with Gasteiger partial charge in [0.1, 0.15) is 22.5 Å². The van der Waals surface area contributed by atoms with E-state index in [0.29, 0.717) is 5.69 Å². The number of hydrogen-bond acceptors (Lipinski definition) is 5. The molecule has 0 atom stereocenters. The highest BCUT2D eigenvalue weighted by Crippen LogP contribution is 2.44. The predicted molar refractivity (Wildman–Crippen MR) is 157 cm³/mol. The lowest BCUT2D eigenvalue weighted by molar-refractivity contribution is 0.283. The Morgan fingerprint density at radius 2 is 1.54 bits per heavy atom. The van der Waals surface area contributed by atoms with Gasteiger partial charge in [-0.1, -0.05) is 84.9 Å². The number of aromatic nitrogens is 4. The van der Waals surface area contributed by atoms with E-state index in [9.17, 15) is 5.11 Å². The Bertz CT molecular complexity index is 1610. The normalized spacial score (nSPS) is 13.1. The highest BCUT2D eigenvalue weighted by Gasteiger charge is 2.33. The molecule has 2 aromatic heterocycles. The summed E-state index contributed by atoms with van der Waals surface area (Å²) in [6.07, 6.45) is 0.986. The van der Waals surface area contributed by atoms with Gasteiger partial charge in [0, 0.05) is 11.0 Å². The van der Waals surface area contributed by atoms with E-state index in [1.165, 1.54) is 11.3 Å². The van der Waals surface area contributed by atoms with Crippen LogP contribution >= 0.6 is 23.6 Å². The van der Waals surface area contributed by atoms with Crippen molar-refractivity contribution >= 4 is 44.8 Å². The molecule has 0 saturated heterocycles. The summed E-state index contributed by atoms with van der Waals surface area (Å²) in [6, 6.07) is 18.5. The zero-order valence-electron chi connectivity index (χ0n) is 22.5. The van der Waals surface area contributed by atoms with Gasteiger partial charge in [0.05, 0.1) is 10.2 Å². The van der Waals surface area contributed by atoms with Crippen LogP contribution in [0.2, 0.25) is 0 Å². The number of nitrogens with one attached hydrogen (secondary N) is 1. The fourth-order valence-electron chi connectivity index (χ4n) is 5.55. The van der Waals surface area contributed by atoms with Crippen LogP contribution in [-0.2, 0) is 10.8 Å². The summed E-state index contributed by atoms with van der Waals surface area (Å²) in [5.74, 6) is 0.200. The number of thiazole rings is 1. The lowest BCUT2D eigenvalue weighted by atomic mass is 9.70. The first kappa shape index (κ1) is 25.6. The van der Waals surface area contributed by atoms with Gasteiger partial charge < -0.3 is 10.1 Å². The molecule has 0 saturated carbocycles. The Labute approximate surface area is 227 Å². The summed E-state index contributed by atoms with van der Waals surface area (Å²) >= 11 is 6.83. The molecule has 2 N–H and O–H groups in total. The molecule has 7 heteroatoms. The van der Waals surface area contributed by atoms with Gasteiger partial charge in [0.15, 0.2) is 3.95 Å². The maximum atomic E-state index is 11.8. The van der Waals surface area contributed by atoms with E-state index in [-0.39, 0.29) is 16.6 Å². The number of aromatic amines is 1. The van der Waals surface area contributed by atoms with Gasteiger partial charge in [-0.3, -0.25) is 0 Å². The molecular weight excluding hydrogens is 496 g/mol. The van der Waals surface area contributed by atoms with E-state index in [0.717, 1.165) is 48.3 Å². The van der Waals surface area contributed by atoms with Gasteiger partial charge in [0.25, 0.3) is 0 Å². The smallest absolute Gasteiger partial charge is 0.159 e. The maximum absolute atomic E-state index is 11.8. The molecule has 0 spiro atoms. The molecule has 0 aliphatic heterocycles. The Morgan fingerprint density at radius 1 is 0.892 bits per heavy atom. The van der Waals surface area contributed by atoms with Crippen molar-refractivity contribution in [2.75, 3.05) is 0 Å². The van der Waals surface area contributed by atoms with Crippen LogP contribution in [0.3, 0.4) is 0 Å². The van der Waals surface area contributed by atoms with Gasteiger partial charge in [-0.2, -0.15) is 0 Å². The second-order valence-electron chi connectivity index (χ2n) is 12.3. The standard InChI is InChI=1S/C30H34N4OS2/c1-28(2,3)17-29(4,5)19-13-20(30(6,7)18-11-9-8-10-12-18)26(35)24(14-19)34-32-21-15-23-25(16-22(21)33-34)37-27(36)31-23/h8-16,35H,17H2,1-7H3,(H,31,36). The van der Waals surface area contributed by atoms with E-state index in [2.05, 4.69) is 77.7 Å². The van der Waals surface area contributed by atoms with Crippen molar-refractivity contribution in [1.29, 1.82) is 0 Å². The number of fused-ring (bicyclic) bond motifs is 2. The number of aromatic hydroxyl groups is 1. The maximum Gasteiger partial charge on any atom is 0.159 e. The van der Waals surface area contributed by atoms with E-state index in [1.807, 2.05) is 30.3 Å². The topological polar surface area (TPSA) is 66.7 Å². The Balaban J connectivity index is 1.74. The summed E-state index contributed by atoms with van der Waals surface area (Å²) in [5.41, 5.74) is 5.78. The second kappa shape index (κ2) is 8.77. The fourth-order valence-corrected chi connectivity index (χ4v) is 6.68.